The van der Waals surface area contributed by atoms with Crippen LogP contribution in [0.5, 0.6) is 5.75 Å². The molecule has 18 heavy (non-hydrogen) atoms. The Morgan fingerprint density at radius 3 is 2.33 bits per heavy atom. The van der Waals surface area contributed by atoms with Crippen molar-refractivity contribution in [1.82, 2.24) is 10.2 Å². The zero-order valence-electron chi connectivity index (χ0n) is 9.80. The van der Waals surface area contributed by atoms with Gasteiger partial charge in [0.15, 0.2) is 5.75 Å². The number of piperazine rings is 1. The second kappa shape index (κ2) is 6.06. The lowest BCUT2D eigenvalue weighted by molar-refractivity contribution is 0.147. The molecule has 1 saturated heterocycles. The van der Waals surface area contributed by atoms with E-state index in [4.69, 9.17) is 23.2 Å². The van der Waals surface area contributed by atoms with E-state index in [1.165, 1.54) is 0 Å². The van der Waals surface area contributed by atoms with Crippen molar-refractivity contribution in [2.75, 3.05) is 32.9 Å². The normalized spacial score (nSPS) is 18.8. The predicted octanol–water partition coefficient (Wildman–Crippen LogP) is 2.61. The van der Waals surface area contributed by atoms with E-state index in [0.29, 0.717) is 5.56 Å². The topological polar surface area (TPSA) is 35.5 Å². The first kappa shape index (κ1) is 13.9. The molecule has 1 fully saturated rings. The molecule has 2 N–H and O–H groups in total. The van der Waals surface area contributed by atoms with Crippen LogP contribution in [0.4, 0.5) is 4.39 Å². The minimum atomic E-state index is -0.503. The molecule has 0 amide bonds. The Hall–Kier alpha value is -0.550. The van der Waals surface area contributed by atoms with E-state index in [1.54, 1.807) is 12.1 Å². The van der Waals surface area contributed by atoms with Crippen molar-refractivity contribution < 1.29 is 9.50 Å². The number of phenols is 1. The number of nitrogens with zero attached hydrogens (tertiary/aromatic N) is 1. The average molecular weight is 293 g/mol. The van der Waals surface area contributed by atoms with Gasteiger partial charge >= 0.3 is 0 Å². The third-order valence-corrected chi connectivity index (χ3v) is 3.74. The molecule has 0 bridgehead atoms. The van der Waals surface area contributed by atoms with Crippen molar-refractivity contribution in [2.45, 2.75) is 6.04 Å². The Kier molecular flexibility index (Phi) is 4.67. The molecule has 1 aromatic rings. The molecule has 0 aliphatic carbocycles. The zero-order valence-corrected chi connectivity index (χ0v) is 11.3. The number of alkyl halides is 1. The molecule has 1 aliphatic heterocycles. The highest BCUT2D eigenvalue weighted by molar-refractivity contribution is 6.37. The third kappa shape index (κ3) is 2.88. The van der Waals surface area contributed by atoms with E-state index in [2.05, 4.69) is 10.2 Å². The molecule has 1 atom stereocenters. The lowest BCUT2D eigenvalue weighted by Crippen LogP contribution is -2.45. The number of benzene rings is 1. The van der Waals surface area contributed by atoms with Gasteiger partial charge in [-0.1, -0.05) is 23.2 Å². The van der Waals surface area contributed by atoms with E-state index < -0.39 is 6.67 Å². The zero-order chi connectivity index (χ0) is 13.1. The van der Waals surface area contributed by atoms with Gasteiger partial charge in [0.25, 0.3) is 0 Å². The Morgan fingerprint density at radius 1 is 1.28 bits per heavy atom. The van der Waals surface area contributed by atoms with Gasteiger partial charge in [-0.05, 0) is 17.7 Å². The van der Waals surface area contributed by atoms with Crippen molar-refractivity contribution in [3.8, 4) is 5.75 Å². The smallest absolute Gasteiger partial charge is 0.152 e. The SMILES string of the molecule is Oc1c(Cl)cc([C@@H](CF)N2CCNCC2)cc1Cl. The molecule has 0 radical (unpaired) electrons. The Balaban J connectivity index is 2.26. The molecule has 0 saturated carbocycles. The molecule has 1 heterocycles. The van der Waals surface area contributed by atoms with Gasteiger partial charge in [0.1, 0.15) is 6.67 Å². The monoisotopic (exact) mass is 292 g/mol. The molecule has 0 unspecified atom stereocenters. The maximum atomic E-state index is 13.3. The third-order valence-electron chi connectivity index (χ3n) is 3.16. The molecule has 0 aromatic heterocycles. The molecule has 1 aromatic carbocycles. The Morgan fingerprint density at radius 2 is 1.83 bits per heavy atom. The fraction of sp³-hybridized carbons (Fsp3) is 0.500. The maximum absolute atomic E-state index is 13.3. The van der Waals surface area contributed by atoms with Crippen LogP contribution < -0.4 is 5.32 Å². The summed E-state index contributed by atoms with van der Waals surface area (Å²) in [4.78, 5) is 2.05. The lowest BCUT2D eigenvalue weighted by Gasteiger charge is -2.33. The summed E-state index contributed by atoms with van der Waals surface area (Å²) in [7, 11) is 0. The van der Waals surface area contributed by atoms with Crippen LogP contribution in [0, 0.1) is 0 Å². The molecule has 3 nitrogen and oxygen atoms in total. The number of hydrogen-bond acceptors (Lipinski definition) is 3. The summed E-state index contributed by atoms with van der Waals surface area (Å²) >= 11 is 11.7. The molecular formula is C12H15Cl2FN2O. The minimum Gasteiger partial charge on any atom is -0.505 e. The predicted molar refractivity (Wildman–Crippen MR) is 71.3 cm³/mol. The molecule has 0 spiro atoms. The van der Waals surface area contributed by atoms with Crippen LogP contribution in [0.1, 0.15) is 11.6 Å². The van der Waals surface area contributed by atoms with Crippen LogP contribution in [-0.4, -0.2) is 42.9 Å². The number of rotatable bonds is 3. The second-order valence-corrected chi connectivity index (χ2v) is 5.10. The van der Waals surface area contributed by atoms with Gasteiger partial charge in [-0.25, -0.2) is 4.39 Å². The van der Waals surface area contributed by atoms with E-state index in [9.17, 15) is 9.50 Å². The summed E-state index contributed by atoms with van der Waals surface area (Å²) in [6, 6.07) is 2.80. The van der Waals surface area contributed by atoms with Crippen LogP contribution >= 0.6 is 23.2 Å². The van der Waals surface area contributed by atoms with Gasteiger partial charge in [-0.3, -0.25) is 4.90 Å². The summed E-state index contributed by atoms with van der Waals surface area (Å²) in [6.07, 6.45) is 0. The van der Waals surface area contributed by atoms with Gasteiger partial charge in [-0.15, -0.1) is 0 Å². The van der Waals surface area contributed by atoms with Gasteiger partial charge in [0, 0.05) is 26.2 Å². The van der Waals surface area contributed by atoms with Crippen LogP contribution in [0.2, 0.25) is 10.0 Å². The summed E-state index contributed by atoms with van der Waals surface area (Å²) in [5.74, 6) is -0.153. The largest absolute Gasteiger partial charge is 0.505 e. The van der Waals surface area contributed by atoms with Crippen molar-refractivity contribution in [3.05, 3.63) is 27.7 Å². The van der Waals surface area contributed by atoms with Crippen molar-refractivity contribution in [1.29, 1.82) is 0 Å². The van der Waals surface area contributed by atoms with Gasteiger partial charge in [-0.2, -0.15) is 0 Å². The number of aromatic hydroxyl groups is 1. The highest BCUT2D eigenvalue weighted by Gasteiger charge is 2.23. The standard InChI is InChI=1S/C12H15Cl2FN2O/c13-9-5-8(6-10(14)12(9)18)11(7-15)17-3-1-16-2-4-17/h5-6,11,16,18H,1-4,7H2/t11-/m1/s1. The molecule has 2 rings (SSSR count). The van der Waals surface area contributed by atoms with Crippen LogP contribution in [0.15, 0.2) is 12.1 Å². The van der Waals surface area contributed by atoms with Crippen molar-refractivity contribution in [2.24, 2.45) is 0 Å². The summed E-state index contributed by atoms with van der Waals surface area (Å²) < 4.78 is 13.3. The van der Waals surface area contributed by atoms with E-state index >= 15 is 0 Å². The van der Waals surface area contributed by atoms with Crippen LogP contribution in [0.3, 0.4) is 0 Å². The van der Waals surface area contributed by atoms with E-state index in [1.807, 2.05) is 0 Å². The highest BCUT2D eigenvalue weighted by atomic mass is 35.5. The molecule has 6 heteroatoms. The quantitative estimate of drug-likeness (QED) is 0.899. The van der Waals surface area contributed by atoms with Crippen LogP contribution in [-0.2, 0) is 0 Å². The van der Waals surface area contributed by atoms with Gasteiger partial charge < -0.3 is 10.4 Å². The summed E-state index contributed by atoms with van der Waals surface area (Å²) in [6.45, 7) is 2.75. The fourth-order valence-electron chi connectivity index (χ4n) is 2.17. The molecular weight excluding hydrogens is 278 g/mol. The van der Waals surface area contributed by atoms with E-state index in [-0.39, 0.29) is 21.8 Å². The lowest BCUT2D eigenvalue weighted by atomic mass is 10.1. The number of nitrogens with one attached hydrogen (secondary N) is 1. The van der Waals surface area contributed by atoms with Crippen molar-refractivity contribution in [3.63, 3.8) is 0 Å². The second-order valence-electron chi connectivity index (χ2n) is 4.29. The van der Waals surface area contributed by atoms with Crippen molar-refractivity contribution >= 4 is 23.2 Å². The first-order chi connectivity index (χ1) is 8.63. The molecule has 100 valence electrons. The number of hydrogen-bond donors (Lipinski definition) is 2. The van der Waals surface area contributed by atoms with E-state index in [0.717, 1.165) is 26.2 Å². The number of halogens is 3. The van der Waals surface area contributed by atoms with Gasteiger partial charge in [0.05, 0.1) is 16.1 Å². The van der Waals surface area contributed by atoms with Gasteiger partial charge in [0.2, 0.25) is 0 Å². The number of phenolic OH excluding ortho intramolecular Hbond substituents is 1. The average Bonchev–Trinajstić information content (AvgIpc) is 2.38. The maximum Gasteiger partial charge on any atom is 0.152 e. The Labute approximate surface area is 115 Å². The summed E-state index contributed by atoms with van der Waals surface area (Å²) in [5.41, 5.74) is 0.701. The highest BCUT2D eigenvalue weighted by Crippen LogP contribution is 2.36. The molecule has 1 aliphatic rings. The first-order valence-corrected chi connectivity index (χ1v) is 6.57. The first-order valence-electron chi connectivity index (χ1n) is 5.82. The minimum absolute atomic E-state index is 0.153. The fourth-order valence-corrected chi connectivity index (χ4v) is 2.67. The Bertz CT molecular complexity index is 402. The van der Waals surface area contributed by atoms with Crippen LogP contribution in [0.25, 0.3) is 0 Å². The summed E-state index contributed by atoms with van der Waals surface area (Å²) in [5, 5.41) is 13.1.